The van der Waals surface area contributed by atoms with Crippen LogP contribution < -0.4 is 4.90 Å². The van der Waals surface area contributed by atoms with Gasteiger partial charge in [-0.25, -0.2) is 0 Å². The monoisotopic (exact) mass is 296 g/mol. The van der Waals surface area contributed by atoms with Crippen LogP contribution in [-0.4, -0.2) is 23.1 Å². The Morgan fingerprint density at radius 3 is 2.64 bits per heavy atom. The van der Waals surface area contributed by atoms with Crippen molar-refractivity contribution >= 4 is 28.8 Å². The SMILES string of the molecule is Cc1ccc(N(C)c2nc3ccc(CC(=O)O)cc3o2)cc1. The first kappa shape index (κ1) is 14.1. The predicted molar refractivity (Wildman–Crippen MR) is 84.6 cm³/mol. The van der Waals surface area contributed by atoms with Crippen LogP contribution in [0.5, 0.6) is 0 Å². The van der Waals surface area contributed by atoms with Crippen LogP contribution in [0, 0.1) is 6.92 Å². The summed E-state index contributed by atoms with van der Waals surface area (Å²) in [6.45, 7) is 2.03. The van der Waals surface area contributed by atoms with E-state index in [-0.39, 0.29) is 6.42 Å². The molecule has 0 bridgehead atoms. The highest BCUT2D eigenvalue weighted by atomic mass is 16.4. The van der Waals surface area contributed by atoms with E-state index in [1.54, 1.807) is 18.2 Å². The summed E-state index contributed by atoms with van der Waals surface area (Å²) in [7, 11) is 1.88. The van der Waals surface area contributed by atoms with Crippen LogP contribution in [0.25, 0.3) is 11.1 Å². The lowest BCUT2D eigenvalue weighted by Gasteiger charge is -2.14. The predicted octanol–water partition coefficient (Wildman–Crippen LogP) is 3.53. The summed E-state index contributed by atoms with van der Waals surface area (Å²) < 4.78 is 5.76. The van der Waals surface area contributed by atoms with Gasteiger partial charge in [0, 0.05) is 12.7 Å². The Morgan fingerprint density at radius 2 is 1.95 bits per heavy atom. The molecule has 3 aromatic rings. The quantitative estimate of drug-likeness (QED) is 0.797. The smallest absolute Gasteiger partial charge is 0.307 e. The van der Waals surface area contributed by atoms with Gasteiger partial charge >= 0.3 is 12.0 Å². The molecule has 5 nitrogen and oxygen atoms in total. The van der Waals surface area contributed by atoms with Crippen LogP contribution in [0.1, 0.15) is 11.1 Å². The topological polar surface area (TPSA) is 66.6 Å². The molecule has 0 radical (unpaired) electrons. The molecule has 1 N–H and O–H groups in total. The van der Waals surface area contributed by atoms with Crippen LogP contribution in [0.15, 0.2) is 46.9 Å². The number of anilines is 2. The second-order valence-electron chi connectivity index (χ2n) is 5.26. The van der Waals surface area contributed by atoms with E-state index in [4.69, 9.17) is 9.52 Å². The molecule has 0 amide bonds. The summed E-state index contributed by atoms with van der Waals surface area (Å²) in [5.74, 6) is -0.865. The molecule has 1 heterocycles. The number of benzene rings is 2. The molecule has 22 heavy (non-hydrogen) atoms. The zero-order valence-electron chi connectivity index (χ0n) is 12.4. The maximum atomic E-state index is 10.8. The molecular weight excluding hydrogens is 280 g/mol. The number of aromatic nitrogens is 1. The zero-order valence-corrected chi connectivity index (χ0v) is 12.4. The van der Waals surface area contributed by atoms with Gasteiger partial charge in [-0.1, -0.05) is 23.8 Å². The van der Waals surface area contributed by atoms with E-state index in [0.29, 0.717) is 22.7 Å². The molecule has 0 aliphatic rings. The molecule has 0 spiro atoms. The van der Waals surface area contributed by atoms with Gasteiger partial charge in [0.15, 0.2) is 5.58 Å². The van der Waals surface area contributed by atoms with Gasteiger partial charge in [-0.2, -0.15) is 4.98 Å². The van der Waals surface area contributed by atoms with Gasteiger partial charge in [0.25, 0.3) is 0 Å². The van der Waals surface area contributed by atoms with E-state index in [1.807, 2.05) is 43.1 Å². The van der Waals surface area contributed by atoms with Crippen LogP contribution in [0.2, 0.25) is 0 Å². The maximum absolute atomic E-state index is 10.8. The molecule has 0 atom stereocenters. The first-order valence-electron chi connectivity index (χ1n) is 6.94. The van der Waals surface area contributed by atoms with Crippen molar-refractivity contribution in [2.24, 2.45) is 0 Å². The number of hydrogen-bond donors (Lipinski definition) is 1. The van der Waals surface area contributed by atoms with Gasteiger partial charge in [0.1, 0.15) is 5.52 Å². The Balaban J connectivity index is 1.94. The molecule has 0 aliphatic carbocycles. The normalized spacial score (nSPS) is 10.8. The number of fused-ring (bicyclic) bond motifs is 1. The van der Waals surface area contributed by atoms with Gasteiger partial charge in [0.05, 0.1) is 6.42 Å². The number of oxazole rings is 1. The van der Waals surface area contributed by atoms with E-state index in [2.05, 4.69) is 4.98 Å². The van der Waals surface area contributed by atoms with E-state index in [1.165, 1.54) is 5.56 Å². The number of rotatable bonds is 4. The van der Waals surface area contributed by atoms with E-state index < -0.39 is 5.97 Å². The standard InChI is InChI=1S/C17H16N2O3/c1-11-3-6-13(7-4-11)19(2)17-18-14-8-5-12(10-16(20)21)9-15(14)22-17/h3-9H,10H2,1-2H3,(H,20,21). The molecule has 1 aromatic heterocycles. The Kier molecular flexibility index (Phi) is 3.55. The number of hydrogen-bond acceptors (Lipinski definition) is 4. The minimum atomic E-state index is -0.865. The number of carboxylic acids is 1. The maximum Gasteiger partial charge on any atom is 0.307 e. The third-order valence-corrected chi connectivity index (χ3v) is 3.51. The molecule has 0 unspecified atom stereocenters. The molecule has 3 rings (SSSR count). The highest BCUT2D eigenvalue weighted by molar-refractivity contribution is 5.78. The van der Waals surface area contributed by atoms with Crippen molar-refractivity contribution in [2.45, 2.75) is 13.3 Å². The van der Waals surface area contributed by atoms with Crippen LogP contribution >= 0.6 is 0 Å². The highest BCUT2D eigenvalue weighted by Gasteiger charge is 2.13. The highest BCUT2D eigenvalue weighted by Crippen LogP contribution is 2.27. The Hall–Kier alpha value is -2.82. The summed E-state index contributed by atoms with van der Waals surface area (Å²) in [4.78, 5) is 17.1. The number of aryl methyl sites for hydroxylation is 1. The lowest BCUT2D eigenvalue weighted by atomic mass is 10.1. The largest absolute Gasteiger partial charge is 0.481 e. The molecule has 5 heteroatoms. The Bertz CT molecular complexity index is 822. The van der Waals surface area contributed by atoms with Crippen LogP contribution in [0.4, 0.5) is 11.7 Å². The molecule has 0 aliphatic heterocycles. The minimum Gasteiger partial charge on any atom is -0.481 e. The number of carbonyl (C=O) groups is 1. The lowest BCUT2D eigenvalue weighted by molar-refractivity contribution is -0.136. The van der Waals surface area contributed by atoms with Crippen LogP contribution in [-0.2, 0) is 11.2 Å². The van der Waals surface area contributed by atoms with Crippen LogP contribution in [0.3, 0.4) is 0 Å². The fourth-order valence-electron chi connectivity index (χ4n) is 2.26. The number of aliphatic carboxylic acids is 1. The average molecular weight is 296 g/mol. The second-order valence-corrected chi connectivity index (χ2v) is 5.26. The lowest BCUT2D eigenvalue weighted by Crippen LogP contribution is -2.09. The third-order valence-electron chi connectivity index (χ3n) is 3.51. The first-order chi connectivity index (χ1) is 10.5. The van der Waals surface area contributed by atoms with Crippen molar-refractivity contribution in [2.75, 3.05) is 11.9 Å². The number of nitrogens with zero attached hydrogens (tertiary/aromatic N) is 2. The summed E-state index contributed by atoms with van der Waals surface area (Å²) in [5.41, 5.74) is 4.16. The molecule has 0 saturated heterocycles. The number of carboxylic acid groups (broad SMARTS) is 1. The molecule has 2 aromatic carbocycles. The second kappa shape index (κ2) is 5.52. The molecule has 112 valence electrons. The average Bonchev–Trinajstić information content (AvgIpc) is 2.90. The van der Waals surface area contributed by atoms with Gasteiger partial charge in [-0.3, -0.25) is 9.69 Å². The van der Waals surface area contributed by atoms with Crippen molar-refractivity contribution in [1.29, 1.82) is 0 Å². The van der Waals surface area contributed by atoms with E-state index in [9.17, 15) is 4.79 Å². The molecule has 0 saturated carbocycles. The zero-order chi connectivity index (χ0) is 15.7. The van der Waals surface area contributed by atoms with E-state index in [0.717, 1.165) is 5.69 Å². The van der Waals surface area contributed by atoms with Crippen molar-refractivity contribution < 1.29 is 14.3 Å². The van der Waals surface area contributed by atoms with Gasteiger partial charge < -0.3 is 9.52 Å². The fraction of sp³-hybridized carbons (Fsp3) is 0.176. The van der Waals surface area contributed by atoms with E-state index >= 15 is 0 Å². The fourth-order valence-corrected chi connectivity index (χ4v) is 2.26. The Morgan fingerprint density at radius 1 is 1.23 bits per heavy atom. The summed E-state index contributed by atoms with van der Waals surface area (Å²) >= 11 is 0. The first-order valence-corrected chi connectivity index (χ1v) is 6.94. The molecular formula is C17H16N2O3. The Labute approximate surface area is 127 Å². The van der Waals surface area contributed by atoms with Crippen molar-refractivity contribution in [3.8, 4) is 0 Å². The van der Waals surface area contributed by atoms with Gasteiger partial charge in [0.2, 0.25) is 0 Å². The summed E-state index contributed by atoms with van der Waals surface area (Å²) in [6, 6.07) is 13.8. The van der Waals surface area contributed by atoms with Crippen molar-refractivity contribution in [3.05, 3.63) is 53.6 Å². The third kappa shape index (κ3) is 2.79. The summed E-state index contributed by atoms with van der Waals surface area (Å²) in [6.07, 6.45) is -0.0280. The molecule has 0 fully saturated rings. The minimum absolute atomic E-state index is 0.0280. The summed E-state index contributed by atoms with van der Waals surface area (Å²) in [5, 5.41) is 8.85. The van der Waals surface area contributed by atoms with Gasteiger partial charge in [-0.05, 0) is 36.8 Å². The van der Waals surface area contributed by atoms with Gasteiger partial charge in [-0.15, -0.1) is 0 Å². The van der Waals surface area contributed by atoms with Crippen molar-refractivity contribution in [1.82, 2.24) is 4.98 Å². The van der Waals surface area contributed by atoms with Crippen molar-refractivity contribution in [3.63, 3.8) is 0 Å².